The second-order valence-corrected chi connectivity index (χ2v) is 47.5. The molecular formula is C105H142O25. The molecule has 0 bridgehead atoms. The number of carbonyl (C=O) groups is 15. The van der Waals surface area contributed by atoms with Crippen LogP contribution >= 0.6 is 0 Å². The molecule has 0 aromatic heterocycles. The highest BCUT2D eigenvalue weighted by molar-refractivity contribution is 6.03. The molecule has 0 saturated heterocycles. The van der Waals surface area contributed by atoms with Gasteiger partial charge in [-0.3, -0.25) is 71.9 Å². The van der Waals surface area contributed by atoms with Crippen LogP contribution in [0.15, 0.2) is 47.6 Å². The van der Waals surface area contributed by atoms with Gasteiger partial charge in [-0.05, 0) is 271 Å². The third-order valence-corrected chi connectivity index (χ3v) is 42.8. The predicted octanol–water partition coefficient (Wildman–Crippen LogP) is 9.74. The SMILES string of the molecule is C[C@]12C=CC(=O)C=C1CC[C@@H]1[C@@H]2C(=O)C[C@@]2(C)[C@H]1CC[C@]2(O)C(=O)CO.C[C@]12C=CC(=O)CC1CC[C@@H]1[C@@H]2C(=O)C[C@@]2(C)[C@H]1CC[C@]2(O)C(=O)CO.C[C@]12CCC(=O)C=C1CC[C@@H]1[C@@H]2C(=O)C[C@@]2(C)[C@H]1CC[C@]2(O)C(=O)CO.C[C@]12CCC(=O)C[C@@H]1CC[C@@H]1[C@@H]2C(=O)C[C@@]2(C)[C@H]1CC[C@]2(O)C(=O)CO.C[C@]12CCC(=O)C[C@H]1CC[C@@H]1[C@@H]2C(=O)C[C@@]2(C)[C@H]1CC[C@]2(O)C(=O)CO. The van der Waals surface area contributed by atoms with Crippen LogP contribution in [0, 0.1) is 161 Å². The van der Waals surface area contributed by atoms with E-state index in [0.717, 1.165) is 101 Å². The predicted molar refractivity (Wildman–Crippen MR) is 471 cm³/mol. The van der Waals surface area contributed by atoms with Gasteiger partial charge >= 0.3 is 0 Å². The van der Waals surface area contributed by atoms with Crippen LogP contribution in [-0.2, 0) is 71.9 Å². The molecule has 20 aliphatic carbocycles. The Balaban J connectivity index is 0.000000119. The van der Waals surface area contributed by atoms with Crippen LogP contribution < -0.4 is 0 Å². The molecule has 1 unspecified atom stereocenters. The number of ketones is 15. The summed E-state index contributed by atoms with van der Waals surface area (Å²) in [6.45, 7) is 16.6. The Hall–Kier alpha value is -6.39. The molecule has 0 spiro atoms. The lowest BCUT2D eigenvalue weighted by Gasteiger charge is -2.59. The minimum absolute atomic E-state index is 0.0206. The van der Waals surface area contributed by atoms with E-state index in [4.69, 9.17) is 0 Å². The second-order valence-electron chi connectivity index (χ2n) is 47.5. The number of fused-ring (bicyclic) bond motifs is 25. The minimum atomic E-state index is -1.62. The van der Waals surface area contributed by atoms with E-state index in [9.17, 15) is 123 Å². The zero-order valence-corrected chi connectivity index (χ0v) is 78.0. The van der Waals surface area contributed by atoms with Crippen molar-refractivity contribution >= 4 is 86.7 Å². The highest BCUT2D eigenvalue weighted by Crippen LogP contribution is 2.74. The first-order valence-corrected chi connectivity index (χ1v) is 49.3. The van der Waals surface area contributed by atoms with Crippen LogP contribution in [0.3, 0.4) is 0 Å². The molecule has 0 amide bonds. The summed E-state index contributed by atoms with van der Waals surface area (Å²) in [5.74, 6) is 0.136. The first-order valence-electron chi connectivity index (χ1n) is 49.3. The molecule has 25 nitrogen and oxygen atoms in total. The van der Waals surface area contributed by atoms with Crippen molar-refractivity contribution in [1.82, 2.24) is 0 Å². The van der Waals surface area contributed by atoms with Gasteiger partial charge in [-0.25, -0.2) is 0 Å². The van der Waals surface area contributed by atoms with E-state index in [1.54, 1.807) is 24.3 Å². The molecule has 0 heterocycles. The van der Waals surface area contributed by atoms with Crippen molar-refractivity contribution < 1.29 is 123 Å². The van der Waals surface area contributed by atoms with Gasteiger partial charge in [0, 0.05) is 133 Å². The van der Waals surface area contributed by atoms with Gasteiger partial charge in [0.1, 0.15) is 102 Å². The van der Waals surface area contributed by atoms with Crippen molar-refractivity contribution in [3.63, 3.8) is 0 Å². The number of aliphatic hydroxyl groups excluding tert-OH is 5. The molecule has 10 N–H and O–H groups in total. The molecule has 0 aliphatic heterocycles. The van der Waals surface area contributed by atoms with Crippen LogP contribution in [-0.4, -0.2) is 199 Å². The van der Waals surface area contributed by atoms with Crippen molar-refractivity contribution in [1.29, 1.82) is 0 Å². The average Bonchev–Trinajstić information content (AvgIpc) is 1.50. The van der Waals surface area contributed by atoms with Gasteiger partial charge in [-0.1, -0.05) is 92.5 Å². The van der Waals surface area contributed by atoms with Crippen LogP contribution in [0.25, 0.3) is 0 Å². The van der Waals surface area contributed by atoms with Crippen LogP contribution in [0.2, 0.25) is 0 Å². The van der Waals surface area contributed by atoms with E-state index < -0.39 is 122 Å². The van der Waals surface area contributed by atoms with Crippen molar-refractivity contribution in [3.05, 3.63) is 47.6 Å². The van der Waals surface area contributed by atoms with Gasteiger partial charge in [0.15, 0.2) is 46.3 Å². The van der Waals surface area contributed by atoms with Gasteiger partial charge in [0.05, 0.1) is 0 Å². The van der Waals surface area contributed by atoms with Gasteiger partial charge in [0.25, 0.3) is 0 Å². The normalized spacial score (nSPS) is 49.3. The zero-order chi connectivity index (χ0) is 94.5. The molecule has 25 heteroatoms. The fraction of sp³-hybridized carbons (Fsp3) is 0.781. The minimum Gasteiger partial charge on any atom is -0.388 e. The summed E-state index contributed by atoms with van der Waals surface area (Å²) in [6.07, 6.45) is 30.9. The Morgan fingerprint density at radius 1 is 0.308 bits per heavy atom. The topological polar surface area (TPSA) is 458 Å². The number of rotatable bonds is 10. The zero-order valence-electron chi connectivity index (χ0n) is 78.0. The van der Waals surface area contributed by atoms with Gasteiger partial charge in [-0.15, -0.1) is 0 Å². The van der Waals surface area contributed by atoms with Crippen LogP contribution in [0.4, 0.5) is 0 Å². The van der Waals surface area contributed by atoms with Crippen molar-refractivity contribution in [2.45, 2.75) is 316 Å². The van der Waals surface area contributed by atoms with E-state index in [0.29, 0.717) is 108 Å². The van der Waals surface area contributed by atoms with Crippen molar-refractivity contribution in [2.24, 2.45) is 161 Å². The Morgan fingerprint density at radius 2 is 0.631 bits per heavy atom. The number of hydrogen-bond donors (Lipinski definition) is 10. The monoisotopic (exact) mass is 1800 g/mol. The summed E-state index contributed by atoms with van der Waals surface area (Å²) < 4.78 is 0. The summed E-state index contributed by atoms with van der Waals surface area (Å²) in [5, 5.41) is 102. The van der Waals surface area contributed by atoms with E-state index in [-0.39, 0.29) is 207 Å². The second kappa shape index (κ2) is 33.2. The lowest BCUT2D eigenvalue weighted by Crippen LogP contribution is -2.62. The molecule has 130 heavy (non-hydrogen) atoms. The number of allylic oxidation sites excluding steroid dienone is 7. The Kier molecular flexibility index (Phi) is 24.7. The summed E-state index contributed by atoms with van der Waals surface area (Å²) in [6, 6.07) is 0. The van der Waals surface area contributed by atoms with Crippen LogP contribution in [0.1, 0.15) is 288 Å². The number of aliphatic hydroxyl groups is 10. The molecule has 17 fully saturated rings. The summed E-state index contributed by atoms with van der Waals surface area (Å²) in [7, 11) is 0. The van der Waals surface area contributed by atoms with Crippen molar-refractivity contribution in [3.8, 4) is 0 Å². The third-order valence-electron chi connectivity index (χ3n) is 42.8. The summed E-state index contributed by atoms with van der Waals surface area (Å²) in [4.78, 5) is 188. The summed E-state index contributed by atoms with van der Waals surface area (Å²) >= 11 is 0. The fourth-order valence-corrected chi connectivity index (χ4v) is 35.6. The maximum absolute atomic E-state index is 13.3. The fourth-order valence-electron chi connectivity index (χ4n) is 35.6. The highest BCUT2D eigenvalue weighted by Gasteiger charge is 2.76. The van der Waals surface area contributed by atoms with Gasteiger partial charge in [-0.2, -0.15) is 0 Å². The average molecular weight is 1800 g/mol. The lowest BCUT2D eigenvalue weighted by molar-refractivity contribution is -0.179. The molecule has 17 saturated carbocycles. The Bertz CT molecular complexity index is 4730. The number of hydrogen-bond acceptors (Lipinski definition) is 25. The first-order chi connectivity index (χ1) is 60.9. The smallest absolute Gasteiger partial charge is 0.190 e. The maximum atomic E-state index is 13.3. The maximum Gasteiger partial charge on any atom is 0.190 e. The third kappa shape index (κ3) is 13.8. The molecule has 712 valence electrons. The number of Topliss-reactive ketones (excluding diaryl/α,β-unsaturated/α-hetero) is 12. The largest absolute Gasteiger partial charge is 0.388 e. The van der Waals surface area contributed by atoms with Crippen LogP contribution in [0.5, 0.6) is 0 Å². The molecule has 20 aliphatic rings. The molecule has 20 rings (SSSR count). The van der Waals surface area contributed by atoms with Crippen molar-refractivity contribution in [2.75, 3.05) is 33.0 Å². The highest BCUT2D eigenvalue weighted by atomic mass is 16.3. The van der Waals surface area contributed by atoms with Gasteiger partial charge < -0.3 is 51.1 Å². The Morgan fingerprint density at radius 3 is 1.01 bits per heavy atom. The molecule has 0 radical (unpaired) electrons. The van der Waals surface area contributed by atoms with E-state index in [1.165, 1.54) is 0 Å². The quantitative estimate of drug-likeness (QED) is 0.0972. The molecular weight excluding hydrogens is 1660 g/mol. The standard InChI is InChI=1S/2C21H30O5.2C21H28O5.C21H26O5/c5*1-19-7-5-13(23)9-12(19)3-4-14-15-6-8-21(26,17(25)11-22)20(15,2)10-16(24)18(14)19/h2*12,14-15,18,22,26H,3-11H2,1-2H3;9,14-15,18,22,26H,3-8,10-11H2,1-2H3;5,7,12,14-15,18,22,26H,3-4,6,8-11H2,1-2H3;5,7,9,14-15,18,22,26H,3-4,6,8,10-11H2,1-2H3/t12-,14+,15+,18-,19+,20+,21+;12-,14-,15-,18+,19-,20-,21-;14-,15-,18+,19-,20-,21-;12?,14-,15-,18+,19-,20-,21-;14-,15-,18+,19-,20-,21-/m10000/s1. The molecule has 0 aromatic carbocycles. The number of carbonyl (C=O) groups excluding carboxylic acids is 15. The lowest BCUT2D eigenvalue weighted by atomic mass is 9.44. The molecule has 33 atom stereocenters. The Labute approximate surface area is 762 Å². The van der Waals surface area contributed by atoms with E-state index >= 15 is 0 Å². The van der Waals surface area contributed by atoms with E-state index in [1.807, 2.05) is 53.7 Å². The molecule has 0 aromatic rings. The summed E-state index contributed by atoms with van der Waals surface area (Å²) in [5.41, 5.74) is -11.1. The van der Waals surface area contributed by atoms with E-state index in [2.05, 4.69) is 27.7 Å². The first kappa shape index (κ1) is 96.7. The van der Waals surface area contributed by atoms with Gasteiger partial charge in [0.2, 0.25) is 0 Å².